The minimum atomic E-state index is -0.622. The number of urea groups is 1. The number of aromatic nitrogens is 3. The number of nitrogen functional groups attached to an aromatic ring is 1. The van der Waals surface area contributed by atoms with E-state index in [0.29, 0.717) is 33.8 Å². The van der Waals surface area contributed by atoms with Gasteiger partial charge in [0.05, 0.1) is 11.9 Å². The fraction of sp³-hybridized carbons (Fsp3) is 0.130. The van der Waals surface area contributed by atoms with E-state index in [9.17, 15) is 4.79 Å². The molecule has 32 heavy (non-hydrogen) atoms. The number of hydrogen-bond donors (Lipinski definition) is 3. The third-order valence-electron chi connectivity index (χ3n) is 4.51. The van der Waals surface area contributed by atoms with Gasteiger partial charge >= 0.3 is 6.03 Å². The first-order chi connectivity index (χ1) is 15.4. The van der Waals surface area contributed by atoms with E-state index in [-0.39, 0.29) is 5.82 Å². The first-order valence-electron chi connectivity index (χ1n) is 9.92. The van der Waals surface area contributed by atoms with Gasteiger partial charge in [0.15, 0.2) is 17.3 Å². The Hall–Kier alpha value is -3.85. The quantitative estimate of drug-likeness (QED) is 0.353. The van der Waals surface area contributed by atoms with Gasteiger partial charge in [0.25, 0.3) is 0 Å². The molecule has 0 spiro atoms. The van der Waals surface area contributed by atoms with Gasteiger partial charge in [0, 0.05) is 33.0 Å². The largest absolute Gasteiger partial charge is 0.382 e. The highest BCUT2D eigenvalue weighted by Gasteiger charge is 2.15. The van der Waals surface area contributed by atoms with Crippen LogP contribution in [0.3, 0.4) is 0 Å². The first-order valence-corrected chi connectivity index (χ1v) is 10.8. The number of carbonyl (C=O) groups excluding carboxylic acids is 1. The highest BCUT2D eigenvalue weighted by Crippen LogP contribution is 2.31. The predicted octanol–water partition coefficient (Wildman–Crippen LogP) is 5.04. The Morgan fingerprint density at radius 2 is 1.69 bits per heavy atom. The Bertz CT molecular complexity index is 1240. The van der Waals surface area contributed by atoms with E-state index in [1.165, 1.54) is 4.90 Å². The fourth-order valence-electron chi connectivity index (χ4n) is 3.08. The second-order valence-electron chi connectivity index (χ2n) is 7.32. The smallest absolute Gasteiger partial charge is 0.316 e. The maximum absolute atomic E-state index is 11.0. The molecule has 162 valence electrons. The van der Waals surface area contributed by atoms with Gasteiger partial charge in [-0.25, -0.2) is 14.8 Å². The number of amides is 2. The molecule has 0 atom stereocenters. The van der Waals surface area contributed by atoms with Crippen LogP contribution in [-0.4, -0.2) is 26.4 Å². The van der Waals surface area contributed by atoms with E-state index in [1.54, 1.807) is 48.3 Å². The molecular formula is C23H22N6O2S. The van der Waals surface area contributed by atoms with Gasteiger partial charge in [-0.05, 0) is 24.3 Å². The summed E-state index contributed by atoms with van der Waals surface area (Å²) in [6.45, 7) is 4.32. The summed E-state index contributed by atoms with van der Waals surface area (Å²) in [5.74, 6) is 0.669. The van der Waals surface area contributed by atoms with Crippen LogP contribution in [-0.2, 0) is 0 Å². The number of benzene rings is 2. The lowest BCUT2D eigenvalue weighted by Crippen LogP contribution is -2.19. The van der Waals surface area contributed by atoms with Crippen molar-refractivity contribution in [3.63, 3.8) is 0 Å². The van der Waals surface area contributed by atoms with Crippen molar-refractivity contribution in [2.24, 2.45) is 5.73 Å². The van der Waals surface area contributed by atoms with Crippen LogP contribution in [0.5, 0.6) is 0 Å². The molecule has 9 heteroatoms. The molecule has 2 aromatic heterocycles. The molecule has 0 fully saturated rings. The average Bonchev–Trinajstić information content (AvgIpc) is 3.24. The molecule has 2 heterocycles. The van der Waals surface area contributed by atoms with E-state index in [1.807, 2.05) is 12.1 Å². The highest BCUT2D eigenvalue weighted by molar-refractivity contribution is 7.99. The van der Waals surface area contributed by atoms with E-state index >= 15 is 0 Å². The van der Waals surface area contributed by atoms with E-state index < -0.39 is 6.03 Å². The molecule has 2 aromatic carbocycles. The molecule has 0 unspecified atom stereocenters. The van der Waals surface area contributed by atoms with Crippen molar-refractivity contribution in [2.75, 3.05) is 11.1 Å². The lowest BCUT2D eigenvalue weighted by Gasteiger charge is -2.07. The zero-order valence-electron chi connectivity index (χ0n) is 17.6. The Balaban J connectivity index is 1.59. The minimum Gasteiger partial charge on any atom is -0.382 e. The lowest BCUT2D eigenvalue weighted by molar-refractivity contribution is 0.259. The SMILES string of the molecule is CC(C)Sc1ccc(-c2cnc(N)c(-c3cc(-c4ccc(NC(N)=O)cc4)no3)n2)cc1. The summed E-state index contributed by atoms with van der Waals surface area (Å²) in [6.07, 6.45) is 1.64. The summed E-state index contributed by atoms with van der Waals surface area (Å²) in [4.78, 5) is 21.1. The Morgan fingerprint density at radius 1 is 1.03 bits per heavy atom. The minimum absolute atomic E-state index is 0.254. The van der Waals surface area contributed by atoms with Crippen molar-refractivity contribution in [3.05, 3.63) is 60.8 Å². The number of anilines is 2. The van der Waals surface area contributed by atoms with Crippen LogP contribution in [0.2, 0.25) is 0 Å². The van der Waals surface area contributed by atoms with Crippen LogP contribution in [0.4, 0.5) is 16.3 Å². The molecule has 8 nitrogen and oxygen atoms in total. The van der Waals surface area contributed by atoms with Gasteiger partial charge < -0.3 is 21.3 Å². The summed E-state index contributed by atoms with van der Waals surface area (Å²) in [5.41, 5.74) is 15.3. The number of thioether (sulfide) groups is 1. The van der Waals surface area contributed by atoms with E-state index in [4.69, 9.17) is 16.0 Å². The van der Waals surface area contributed by atoms with Crippen molar-refractivity contribution in [3.8, 4) is 34.0 Å². The molecule has 0 saturated heterocycles. The van der Waals surface area contributed by atoms with E-state index in [2.05, 4.69) is 46.4 Å². The normalized spacial score (nSPS) is 11.0. The third-order valence-corrected chi connectivity index (χ3v) is 5.53. The van der Waals surface area contributed by atoms with Crippen molar-refractivity contribution in [1.82, 2.24) is 15.1 Å². The van der Waals surface area contributed by atoms with Crippen molar-refractivity contribution >= 4 is 29.3 Å². The molecule has 4 rings (SSSR count). The van der Waals surface area contributed by atoms with Crippen molar-refractivity contribution in [2.45, 2.75) is 24.0 Å². The number of carbonyl (C=O) groups is 1. The number of nitrogens with one attached hydrogen (secondary N) is 1. The molecule has 0 aliphatic heterocycles. The number of nitrogens with zero attached hydrogens (tertiary/aromatic N) is 3. The van der Waals surface area contributed by atoms with Gasteiger partial charge in [-0.2, -0.15) is 0 Å². The summed E-state index contributed by atoms with van der Waals surface area (Å²) in [7, 11) is 0. The molecule has 0 saturated carbocycles. The Kier molecular flexibility index (Phi) is 6.09. The second-order valence-corrected chi connectivity index (χ2v) is 8.97. The summed E-state index contributed by atoms with van der Waals surface area (Å²) in [5, 5.41) is 7.15. The number of primary amides is 1. The fourth-order valence-corrected chi connectivity index (χ4v) is 3.92. The standard InChI is InChI=1S/C23H22N6O2S/c1-13(2)32-17-9-5-15(6-10-17)19-12-26-22(24)21(28-19)20-11-18(29-31-20)14-3-7-16(8-4-14)27-23(25)30/h3-13H,1-2H3,(H2,24,26)(H3,25,27,30). The van der Waals surface area contributed by atoms with Crippen LogP contribution < -0.4 is 16.8 Å². The van der Waals surface area contributed by atoms with Gasteiger partial charge in [-0.15, -0.1) is 11.8 Å². The average molecular weight is 447 g/mol. The monoisotopic (exact) mass is 446 g/mol. The third kappa shape index (κ3) is 4.89. The molecule has 0 bridgehead atoms. The van der Waals surface area contributed by atoms with Crippen LogP contribution in [0, 0.1) is 0 Å². The zero-order chi connectivity index (χ0) is 22.7. The Labute approximate surface area is 189 Å². The zero-order valence-corrected chi connectivity index (χ0v) is 18.4. The van der Waals surface area contributed by atoms with Gasteiger partial charge in [-0.3, -0.25) is 0 Å². The van der Waals surface area contributed by atoms with Gasteiger partial charge in [0.2, 0.25) is 0 Å². The van der Waals surface area contributed by atoms with Crippen LogP contribution in [0.25, 0.3) is 34.0 Å². The van der Waals surface area contributed by atoms with Crippen molar-refractivity contribution in [1.29, 1.82) is 0 Å². The Morgan fingerprint density at radius 3 is 2.34 bits per heavy atom. The topological polar surface area (TPSA) is 133 Å². The number of nitrogens with two attached hydrogens (primary N) is 2. The molecule has 0 radical (unpaired) electrons. The van der Waals surface area contributed by atoms with Crippen molar-refractivity contribution < 1.29 is 9.32 Å². The van der Waals surface area contributed by atoms with Gasteiger partial charge in [0.1, 0.15) is 5.69 Å². The van der Waals surface area contributed by atoms with Crippen LogP contribution in [0.1, 0.15) is 13.8 Å². The summed E-state index contributed by atoms with van der Waals surface area (Å²) in [6, 6.07) is 16.4. The predicted molar refractivity (Wildman–Crippen MR) is 127 cm³/mol. The summed E-state index contributed by atoms with van der Waals surface area (Å²) < 4.78 is 5.51. The molecule has 4 aromatic rings. The lowest BCUT2D eigenvalue weighted by atomic mass is 10.1. The molecule has 2 amide bonds. The maximum atomic E-state index is 11.0. The number of rotatable bonds is 6. The second kappa shape index (κ2) is 9.11. The molecular weight excluding hydrogens is 424 g/mol. The molecule has 0 aliphatic rings. The maximum Gasteiger partial charge on any atom is 0.316 e. The molecule has 5 N–H and O–H groups in total. The van der Waals surface area contributed by atoms with E-state index in [0.717, 1.165) is 11.1 Å². The number of hydrogen-bond acceptors (Lipinski definition) is 7. The molecule has 0 aliphatic carbocycles. The summed E-state index contributed by atoms with van der Waals surface area (Å²) >= 11 is 1.80. The van der Waals surface area contributed by atoms with Crippen LogP contribution >= 0.6 is 11.8 Å². The first kappa shape index (κ1) is 21.4. The highest BCUT2D eigenvalue weighted by atomic mass is 32.2. The van der Waals surface area contributed by atoms with Gasteiger partial charge in [-0.1, -0.05) is 43.3 Å². The van der Waals surface area contributed by atoms with Crippen LogP contribution in [0.15, 0.2) is 70.2 Å².